The molecule has 0 heterocycles. The molecule has 0 aromatic carbocycles. The second kappa shape index (κ2) is 14.3. The standard InChI is InChI=1S/C18H33N5O7/c1-10(2)7-13(18(29)30)23-17(28)12(8-15(25)26)22-16(27)11(5-3-4-6-19)21-14(24)9-20/h10-13H,3-9,19-20H2,1-2H3,(H,21,24)(H,22,27)(H,23,28)(H,25,26)(H,29,30). The lowest BCUT2D eigenvalue weighted by molar-refractivity contribution is -0.144. The summed E-state index contributed by atoms with van der Waals surface area (Å²) in [6, 6.07) is -3.79. The van der Waals surface area contributed by atoms with Gasteiger partial charge in [-0.2, -0.15) is 0 Å². The molecular formula is C18H33N5O7. The van der Waals surface area contributed by atoms with Crippen molar-refractivity contribution in [2.45, 2.75) is 64.1 Å². The molecule has 30 heavy (non-hydrogen) atoms. The molecule has 3 amide bonds. The smallest absolute Gasteiger partial charge is 0.326 e. The van der Waals surface area contributed by atoms with Crippen LogP contribution in [0.1, 0.15) is 46.0 Å². The maximum atomic E-state index is 12.6. The number of carboxylic acids is 2. The molecule has 172 valence electrons. The van der Waals surface area contributed by atoms with Crippen molar-refractivity contribution in [1.29, 1.82) is 0 Å². The zero-order valence-electron chi connectivity index (χ0n) is 17.3. The number of rotatable bonds is 15. The van der Waals surface area contributed by atoms with Crippen LogP contribution in [0.5, 0.6) is 0 Å². The summed E-state index contributed by atoms with van der Waals surface area (Å²) in [5.74, 6) is -4.98. The maximum absolute atomic E-state index is 12.6. The van der Waals surface area contributed by atoms with Crippen molar-refractivity contribution in [3.63, 3.8) is 0 Å². The van der Waals surface area contributed by atoms with E-state index in [1.807, 2.05) is 0 Å². The quantitative estimate of drug-likeness (QED) is 0.144. The zero-order valence-corrected chi connectivity index (χ0v) is 17.3. The Balaban J connectivity index is 5.34. The van der Waals surface area contributed by atoms with E-state index in [9.17, 15) is 29.1 Å². The van der Waals surface area contributed by atoms with Crippen molar-refractivity contribution < 1.29 is 34.2 Å². The summed E-state index contributed by atoms with van der Waals surface area (Å²) in [5.41, 5.74) is 10.7. The van der Waals surface area contributed by atoms with Crippen molar-refractivity contribution >= 4 is 29.7 Å². The van der Waals surface area contributed by atoms with E-state index in [4.69, 9.17) is 16.6 Å². The number of unbranched alkanes of at least 4 members (excludes halogenated alkanes) is 1. The summed E-state index contributed by atoms with van der Waals surface area (Å²) in [7, 11) is 0. The van der Waals surface area contributed by atoms with E-state index in [0.717, 1.165) is 0 Å². The van der Waals surface area contributed by atoms with Crippen LogP contribution in [0.3, 0.4) is 0 Å². The summed E-state index contributed by atoms with van der Waals surface area (Å²) in [4.78, 5) is 59.2. The summed E-state index contributed by atoms with van der Waals surface area (Å²) in [6.07, 6.45) is 0.678. The number of nitrogens with one attached hydrogen (secondary N) is 3. The average Bonchev–Trinajstić information content (AvgIpc) is 2.65. The van der Waals surface area contributed by atoms with E-state index in [1.165, 1.54) is 0 Å². The fourth-order valence-electron chi connectivity index (χ4n) is 2.64. The van der Waals surface area contributed by atoms with Gasteiger partial charge in [0.1, 0.15) is 18.1 Å². The van der Waals surface area contributed by atoms with Gasteiger partial charge in [-0.25, -0.2) is 4.79 Å². The molecule has 0 saturated carbocycles. The van der Waals surface area contributed by atoms with Gasteiger partial charge in [0.2, 0.25) is 17.7 Å². The Morgan fingerprint density at radius 1 is 0.833 bits per heavy atom. The molecule has 12 nitrogen and oxygen atoms in total. The molecule has 9 N–H and O–H groups in total. The molecule has 0 aliphatic rings. The number of hydrogen-bond acceptors (Lipinski definition) is 7. The Morgan fingerprint density at radius 3 is 1.87 bits per heavy atom. The summed E-state index contributed by atoms with van der Waals surface area (Å²) >= 11 is 0. The first kappa shape index (κ1) is 27.3. The summed E-state index contributed by atoms with van der Waals surface area (Å²) in [6.45, 7) is 3.57. The van der Waals surface area contributed by atoms with Gasteiger partial charge in [0.25, 0.3) is 0 Å². The van der Waals surface area contributed by atoms with Gasteiger partial charge in [-0.1, -0.05) is 13.8 Å². The van der Waals surface area contributed by atoms with Crippen LogP contribution in [0.15, 0.2) is 0 Å². The Kier molecular flexibility index (Phi) is 13.0. The van der Waals surface area contributed by atoms with E-state index >= 15 is 0 Å². The van der Waals surface area contributed by atoms with Crippen molar-refractivity contribution in [3.8, 4) is 0 Å². The van der Waals surface area contributed by atoms with Crippen molar-refractivity contribution in [2.75, 3.05) is 13.1 Å². The first-order valence-electron chi connectivity index (χ1n) is 9.76. The van der Waals surface area contributed by atoms with Crippen LogP contribution in [0.4, 0.5) is 0 Å². The highest BCUT2D eigenvalue weighted by atomic mass is 16.4. The molecule has 0 bridgehead atoms. The van der Waals surface area contributed by atoms with Crippen LogP contribution in [-0.2, 0) is 24.0 Å². The molecule has 0 fully saturated rings. The van der Waals surface area contributed by atoms with Crippen LogP contribution in [0.25, 0.3) is 0 Å². The highest BCUT2D eigenvalue weighted by Gasteiger charge is 2.31. The number of nitrogens with two attached hydrogens (primary N) is 2. The van der Waals surface area contributed by atoms with Gasteiger partial charge in [0, 0.05) is 0 Å². The van der Waals surface area contributed by atoms with Crippen molar-refractivity contribution in [1.82, 2.24) is 16.0 Å². The molecular weight excluding hydrogens is 398 g/mol. The lowest BCUT2D eigenvalue weighted by atomic mass is 10.0. The summed E-state index contributed by atoms with van der Waals surface area (Å²) < 4.78 is 0. The Hall–Kier alpha value is -2.73. The molecule has 0 aliphatic carbocycles. The van der Waals surface area contributed by atoms with Crippen LogP contribution in [0.2, 0.25) is 0 Å². The first-order chi connectivity index (χ1) is 14.0. The normalized spacial score (nSPS) is 13.8. The first-order valence-corrected chi connectivity index (χ1v) is 9.76. The molecule has 0 aromatic heterocycles. The van der Waals surface area contributed by atoms with Gasteiger partial charge in [-0.3, -0.25) is 19.2 Å². The predicted octanol–water partition coefficient (Wildman–Crippen LogP) is -1.87. The largest absolute Gasteiger partial charge is 0.481 e. The van der Waals surface area contributed by atoms with E-state index in [2.05, 4.69) is 16.0 Å². The van der Waals surface area contributed by atoms with Crippen molar-refractivity contribution in [2.24, 2.45) is 17.4 Å². The number of carbonyl (C=O) groups is 5. The summed E-state index contributed by atoms with van der Waals surface area (Å²) in [5, 5.41) is 25.3. The minimum Gasteiger partial charge on any atom is -0.481 e. The van der Waals surface area contributed by atoms with Gasteiger partial charge in [-0.05, 0) is 38.1 Å². The van der Waals surface area contributed by atoms with E-state index in [0.29, 0.717) is 19.4 Å². The molecule has 0 radical (unpaired) electrons. The number of hydrogen-bond donors (Lipinski definition) is 7. The molecule has 0 rings (SSSR count). The van der Waals surface area contributed by atoms with Gasteiger partial charge in [0.05, 0.1) is 13.0 Å². The fourth-order valence-corrected chi connectivity index (χ4v) is 2.64. The molecule has 12 heteroatoms. The Labute approximate surface area is 175 Å². The second-order valence-electron chi connectivity index (χ2n) is 7.30. The number of carbonyl (C=O) groups excluding carboxylic acids is 3. The SMILES string of the molecule is CC(C)CC(NC(=O)C(CC(=O)O)NC(=O)C(CCCCN)NC(=O)CN)C(=O)O. The minimum absolute atomic E-state index is 0.0442. The van der Waals surface area contributed by atoms with Gasteiger partial charge < -0.3 is 37.6 Å². The monoisotopic (exact) mass is 431 g/mol. The topological polar surface area (TPSA) is 214 Å². The van der Waals surface area contributed by atoms with Gasteiger partial charge in [-0.15, -0.1) is 0 Å². The highest BCUT2D eigenvalue weighted by Crippen LogP contribution is 2.07. The van der Waals surface area contributed by atoms with Crippen molar-refractivity contribution in [3.05, 3.63) is 0 Å². The fraction of sp³-hybridized carbons (Fsp3) is 0.722. The average molecular weight is 431 g/mol. The van der Waals surface area contributed by atoms with E-state index < -0.39 is 54.2 Å². The molecule has 3 unspecified atom stereocenters. The lowest BCUT2D eigenvalue weighted by Crippen LogP contribution is -2.56. The van der Waals surface area contributed by atoms with Crippen LogP contribution >= 0.6 is 0 Å². The lowest BCUT2D eigenvalue weighted by Gasteiger charge is -2.24. The number of carboxylic acid groups (broad SMARTS) is 2. The molecule has 0 saturated heterocycles. The molecule has 0 aromatic rings. The Morgan fingerprint density at radius 2 is 1.40 bits per heavy atom. The third-order valence-electron chi connectivity index (χ3n) is 4.12. The van der Waals surface area contributed by atoms with Crippen LogP contribution in [0, 0.1) is 5.92 Å². The second-order valence-corrected chi connectivity index (χ2v) is 7.30. The van der Waals surface area contributed by atoms with E-state index in [1.54, 1.807) is 13.8 Å². The predicted molar refractivity (Wildman–Crippen MR) is 107 cm³/mol. The van der Waals surface area contributed by atoms with Crippen LogP contribution < -0.4 is 27.4 Å². The van der Waals surface area contributed by atoms with Crippen LogP contribution in [-0.4, -0.2) is 71.1 Å². The molecule has 3 atom stereocenters. The Bertz CT molecular complexity index is 612. The highest BCUT2D eigenvalue weighted by molar-refractivity contribution is 5.95. The number of amides is 3. The van der Waals surface area contributed by atoms with Gasteiger partial charge in [0.15, 0.2) is 0 Å². The minimum atomic E-state index is -1.52. The third kappa shape index (κ3) is 11.3. The number of aliphatic carboxylic acids is 2. The third-order valence-corrected chi connectivity index (χ3v) is 4.12. The molecule has 0 spiro atoms. The zero-order chi connectivity index (χ0) is 23.3. The van der Waals surface area contributed by atoms with E-state index in [-0.39, 0.29) is 25.3 Å². The van der Waals surface area contributed by atoms with Gasteiger partial charge >= 0.3 is 11.9 Å². The maximum Gasteiger partial charge on any atom is 0.326 e. The molecule has 0 aliphatic heterocycles.